The van der Waals surface area contributed by atoms with Crippen LogP contribution < -0.4 is 20.4 Å². The number of likely N-dealkylation sites (tertiary alicyclic amines) is 1. The number of aliphatic hydroxyl groups is 2. The summed E-state index contributed by atoms with van der Waals surface area (Å²) in [5, 5.41) is 23.7. The van der Waals surface area contributed by atoms with Gasteiger partial charge in [-0.05, 0) is 128 Å². The zero-order valence-corrected chi connectivity index (χ0v) is 46.5. The number of nitrogens with zero attached hydrogens (tertiary/aromatic N) is 4. The standard InChI is InChI=1S/C27H31FN4O2.C24H27F3N2O3S.C5H8O2.2CH4O/c1-4-20-8-6-9-22(17-20)29-27(34)31-15-13-21(14-16-31)23-11-12-25(32(18-33)30(3)28)26-19(2)7-5-10-24(23)26;1-23(2)11-15-12-29(3)19(23)10-17(15)28-16-6-4-5-14(9-16)22-20(24(25,26)27)21(32-8-7-30)18(13-31)33-22;6-4-2-1-3-5-7;2*1-2/h5-12,17-18,21H,4,13-16H2,1-3H3,(H,29,34);4-7,9,13,15,17,19,28H,8,10-12H2,1-3H3;4-5H,1-3H2;2*2H,1H3. The van der Waals surface area contributed by atoms with Crippen molar-refractivity contribution in [3.8, 4) is 16.2 Å². The molecule has 4 heterocycles. The number of fused-ring (bicyclic) bond motifs is 4. The molecule has 3 saturated heterocycles. The zero-order valence-electron chi connectivity index (χ0n) is 45.6. The van der Waals surface area contributed by atoms with E-state index >= 15 is 0 Å². The number of hydrazine groups is 1. The maximum Gasteiger partial charge on any atom is 0.421 e. The molecule has 3 aliphatic heterocycles. The van der Waals surface area contributed by atoms with Gasteiger partial charge in [0, 0.05) is 82.6 Å². The lowest BCUT2D eigenvalue weighted by atomic mass is 9.62. The average Bonchev–Trinajstić information content (AvgIpc) is 3.91. The summed E-state index contributed by atoms with van der Waals surface area (Å²) < 4.78 is 60.9. The van der Waals surface area contributed by atoms with Gasteiger partial charge in [-0.15, -0.1) is 15.8 Å². The van der Waals surface area contributed by atoms with Gasteiger partial charge in [0.05, 0.1) is 10.6 Å². The average molecular weight is 1110 g/mol. The van der Waals surface area contributed by atoms with Crippen molar-refractivity contribution in [2.24, 2.45) is 11.3 Å². The minimum Gasteiger partial charge on any atom is -0.484 e. The number of unbranched alkanes of at least 4 members (excludes halogenated alkanes) is 2. The molecule has 3 atom stereocenters. The fourth-order valence-corrected chi connectivity index (χ4v) is 11.8. The third-order valence-corrected chi connectivity index (χ3v) is 15.3. The molecule has 3 unspecified atom stereocenters. The predicted octanol–water partition coefficient (Wildman–Crippen LogP) is 10.9. The molecule has 424 valence electrons. The van der Waals surface area contributed by atoms with Gasteiger partial charge < -0.3 is 45.0 Å². The molecule has 20 heteroatoms. The number of thiophene rings is 1. The van der Waals surface area contributed by atoms with E-state index in [1.165, 1.54) is 18.2 Å². The number of aryl methyl sites for hydroxylation is 2. The molecule has 78 heavy (non-hydrogen) atoms. The lowest BCUT2D eigenvalue weighted by Crippen LogP contribution is -2.61. The number of aliphatic hydroxyl groups excluding tert-OH is 2. The number of hydrogen-bond donors (Lipinski definition) is 4. The Bertz CT molecular complexity index is 2760. The smallest absolute Gasteiger partial charge is 0.421 e. The van der Waals surface area contributed by atoms with Crippen LogP contribution in [0.4, 0.5) is 39.5 Å². The van der Waals surface area contributed by atoms with Crippen molar-refractivity contribution in [1.82, 2.24) is 15.0 Å². The number of ether oxygens (including phenoxy) is 1. The van der Waals surface area contributed by atoms with Crippen LogP contribution in [-0.4, -0.2) is 129 Å². The van der Waals surface area contributed by atoms with Gasteiger partial charge in [0.25, 0.3) is 0 Å². The molecule has 3 amide bonds. The Labute approximate surface area is 458 Å². The Morgan fingerprint density at radius 3 is 2.13 bits per heavy atom. The highest BCUT2D eigenvalue weighted by Gasteiger charge is 2.49. The summed E-state index contributed by atoms with van der Waals surface area (Å²) in [6, 6.07) is 25.2. The van der Waals surface area contributed by atoms with Gasteiger partial charge >= 0.3 is 12.2 Å². The van der Waals surface area contributed by atoms with Crippen molar-refractivity contribution in [1.29, 1.82) is 0 Å². The molecule has 1 aromatic heterocycles. The van der Waals surface area contributed by atoms with Crippen molar-refractivity contribution < 1.29 is 61.4 Å². The maximum absolute atomic E-state index is 14.0. The Morgan fingerprint density at radius 1 is 0.897 bits per heavy atom. The molecule has 4 aliphatic rings. The first-order valence-corrected chi connectivity index (χ1v) is 26.6. The molecular formula is C58H74F4N6O9S. The topological polar surface area (TPSA) is 189 Å². The highest BCUT2D eigenvalue weighted by molar-refractivity contribution is 7.17. The SMILES string of the molecule is CCc1cccc(NC(=O)N2CCC(c3ccc(N(C=O)N(C)F)c4c(C)cccc34)CC2)c1.CN1CC2CC(C)(C)C1CC2Nc1cccc(-c2sc(C=O)c(OCC=O)c2C(F)(F)F)c1.CO.CO.O=CCCCC=O. The summed E-state index contributed by atoms with van der Waals surface area (Å²) in [6.07, 6.45) is 4.48. The summed E-state index contributed by atoms with van der Waals surface area (Å²) >= 11 is 0.720. The van der Waals surface area contributed by atoms with Crippen LogP contribution in [0.1, 0.15) is 104 Å². The molecule has 4 aromatic carbocycles. The van der Waals surface area contributed by atoms with E-state index in [2.05, 4.69) is 49.4 Å². The van der Waals surface area contributed by atoms with E-state index < -0.39 is 24.1 Å². The second-order valence-electron chi connectivity index (χ2n) is 19.6. The first kappa shape index (κ1) is 63.9. The fourth-order valence-electron chi connectivity index (χ4n) is 10.7. The predicted molar refractivity (Wildman–Crippen MR) is 299 cm³/mol. The van der Waals surface area contributed by atoms with Gasteiger partial charge in [0.15, 0.2) is 18.3 Å². The molecule has 15 nitrogen and oxygen atoms in total. The Kier molecular flexibility index (Phi) is 25.0. The molecule has 2 bridgehead atoms. The van der Waals surface area contributed by atoms with Gasteiger partial charge in [-0.25, -0.2) is 9.80 Å². The molecule has 0 radical (unpaired) electrons. The quantitative estimate of drug-likeness (QED) is 0.0227. The fraction of sp³-hybridized carbons (Fsp3) is 0.448. The summed E-state index contributed by atoms with van der Waals surface area (Å²) in [7, 11) is 5.35. The van der Waals surface area contributed by atoms with Crippen LogP contribution >= 0.6 is 11.3 Å². The van der Waals surface area contributed by atoms with Gasteiger partial charge in [0.2, 0.25) is 6.41 Å². The number of piperidine rings is 3. The highest BCUT2D eigenvalue weighted by atomic mass is 32.1. The van der Waals surface area contributed by atoms with Gasteiger partial charge in [-0.1, -0.05) is 74.5 Å². The molecule has 9 rings (SSSR count). The minimum atomic E-state index is -4.74. The van der Waals surface area contributed by atoms with Crippen LogP contribution in [0.15, 0.2) is 78.9 Å². The highest BCUT2D eigenvalue weighted by Crippen LogP contribution is 2.51. The molecular weight excluding hydrogens is 1030 g/mol. The van der Waals surface area contributed by atoms with E-state index in [4.69, 9.17) is 14.9 Å². The van der Waals surface area contributed by atoms with Crippen molar-refractivity contribution >= 4 is 76.8 Å². The summed E-state index contributed by atoms with van der Waals surface area (Å²) in [5.74, 6) is 0.146. The molecule has 4 N–H and O–H groups in total. The van der Waals surface area contributed by atoms with Crippen molar-refractivity contribution in [3.63, 3.8) is 0 Å². The molecule has 5 aromatic rings. The summed E-state index contributed by atoms with van der Waals surface area (Å²) in [6.45, 7) is 10.4. The van der Waals surface area contributed by atoms with Crippen LogP contribution in [0.25, 0.3) is 21.2 Å². The van der Waals surface area contributed by atoms with E-state index in [0.717, 1.165) is 109 Å². The van der Waals surface area contributed by atoms with Crippen LogP contribution in [0.2, 0.25) is 0 Å². The number of rotatable bonds is 17. The van der Waals surface area contributed by atoms with Crippen molar-refractivity contribution in [2.75, 3.05) is 70.2 Å². The Morgan fingerprint density at radius 2 is 1.55 bits per heavy atom. The number of urea groups is 1. The van der Waals surface area contributed by atoms with Gasteiger partial charge in [-0.3, -0.25) is 14.4 Å². The van der Waals surface area contributed by atoms with Crippen LogP contribution in [-0.2, 0) is 31.8 Å². The lowest BCUT2D eigenvalue weighted by molar-refractivity contribution is -0.138. The lowest BCUT2D eigenvalue weighted by Gasteiger charge is -2.56. The monoisotopic (exact) mass is 1110 g/mol. The van der Waals surface area contributed by atoms with E-state index in [-0.39, 0.29) is 33.2 Å². The number of aldehydes is 4. The molecule has 1 aliphatic carbocycles. The summed E-state index contributed by atoms with van der Waals surface area (Å²) in [5.41, 5.74) is 4.99. The van der Waals surface area contributed by atoms with Gasteiger partial charge in [0.1, 0.15) is 29.6 Å². The minimum absolute atomic E-state index is 0.0737. The number of benzene rings is 4. The maximum atomic E-state index is 14.0. The number of halogens is 4. The Hall–Kier alpha value is -6.58. The largest absolute Gasteiger partial charge is 0.484 e. The number of amides is 3. The first-order chi connectivity index (χ1) is 37.4. The number of hydrogen-bond acceptors (Lipinski definition) is 13. The van der Waals surface area contributed by atoms with E-state index in [1.807, 2.05) is 66.4 Å². The Balaban J connectivity index is 0.000000284. The van der Waals surface area contributed by atoms with E-state index in [9.17, 15) is 46.4 Å². The molecule has 0 spiro atoms. The van der Waals surface area contributed by atoms with E-state index in [1.54, 1.807) is 18.2 Å². The number of carbonyl (C=O) groups is 6. The number of anilines is 3. The second kappa shape index (κ2) is 30.5. The van der Waals surface area contributed by atoms with Gasteiger partial charge in [-0.2, -0.15) is 13.2 Å². The van der Waals surface area contributed by atoms with E-state index in [0.29, 0.717) is 79.8 Å². The number of nitrogens with one attached hydrogen (secondary N) is 2. The third-order valence-electron chi connectivity index (χ3n) is 14.2. The van der Waals surface area contributed by atoms with Crippen LogP contribution in [0.3, 0.4) is 0 Å². The summed E-state index contributed by atoms with van der Waals surface area (Å²) in [4.78, 5) is 69.6. The number of carbonyl (C=O) groups excluding carboxylic acids is 6. The normalized spacial score (nSPS) is 17.5. The zero-order chi connectivity index (χ0) is 57.7. The first-order valence-electron chi connectivity index (χ1n) is 25.8. The van der Waals surface area contributed by atoms with Crippen molar-refractivity contribution in [2.45, 2.75) is 103 Å². The second-order valence-corrected chi connectivity index (χ2v) is 20.7. The van der Waals surface area contributed by atoms with Crippen molar-refractivity contribution in [3.05, 3.63) is 106 Å². The molecule has 1 saturated carbocycles. The molecule has 4 fully saturated rings. The van der Waals surface area contributed by atoms with Crippen LogP contribution in [0, 0.1) is 18.3 Å². The third kappa shape index (κ3) is 16.2. The number of alkyl halides is 3. The van der Waals surface area contributed by atoms with Crippen LogP contribution in [0.5, 0.6) is 5.75 Å².